The van der Waals surface area contributed by atoms with Crippen LogP contribution in [0.4, 0.5) is 5.69 Å². The maximum absolute atomic E-state index is 5.85. The first-order valence-electron chi connectivity index (χ1n) is 6.16. The van der Waals surface area contributed by atoms with Crippen molar-refractivity contribution in [2.24, 2.45) is 0 Å². The molecule has 1 heterocycles. The third kappa shape index (κ3) is 3.51. The molecule has 1 aliphatic rings. The second-order valence-corrected chi connectivity index (χ2v) is 4.21. The first-order valence-corrected chi connectivity index (χ1v) is 6.16. The van der Waals surface area contributed by atoms with E-state index in [4.69, 9.17) is 19.9 Å². The molecule has 5 heteroatoms. The molecule has 0 aliphatic carbocycles. The molecule has 100 valence electrons. The van der Waals surface area contributed by atoms with Crippen LogP contribution in [0.2, 0.25) is 0 Å². The standard InChI is InChI=1S/C13H20N2O3/c1-16-11-2-3-12(14)13(10-11)18-9-6-15-4-7-17-8-5-15/h2-3,10H,4-9,14H2,1H3. The Morgan fingerprint density at radius 3 is 2.83 bits per heavy atom. The quantitative estimate of drug-likeness (QED) is 0.792. The van der Waals surface area contributed by atoms with E-state index in [1.807, 2.05) is 12.1 Å². The number of methoxy groups -OCH3 is 1. The van der Waals surface area contributed by atoms with E-state index < -0.39 is 0 Å². The molecule has 2 rings (SSSR count). The Balaban J connectivity index is 1.81. The molecular weight excluding hydrogens is 232 g/mol. The monoisotopic (exact) mass is 252 g/mol. The molecule has 1 fully saturated rings. The molecule has 0 bridgehead atoms. The number of nitrogens with two attached hydrogens (primary N) is 1. The van der Waals surface area contributed by atoms with Gasteiger partial charge in [-0.3, -0.25) is 4.90 Å². The highest BCUT2D eigenvalue weighted by atomic mass is 16.5. The van der Waals surface area contributed by atoms with Crippen LogP contribution in [0.1, 0.15) is 0 Å². The van der Waals surface area contributed by atoms with Crippen LogP contribution in [-0.4, -0.2) is 51.5 Å². The Morgan fingerprint density at radius 2 is 2.11 bits per heavy atom. The van der Waals surface area contributed by atoms with Crippen LogP contribution in [0.15, 0.2) is 18.2 Å². The van der Waals surface area contributed by atoms with Gasteiger partial charge in [-0.25, -0.2) is 0 Å². The summed E-state index contributed by atoms with van der Waals surface area (Å²) < 4.78 is 16.1. The van der Waals surface area contributed by atoms with E-state index in [1.165, 1.54) is 0 Å². The zero-order chi connectivity index (χ0) is 12.8. The van der Waals surface area contributed by atoms with Crippen molar-refractivity contribution in [3.05, 3.63) is 18.2 Å². The van der Waals surface area contributed by atoms with Gasteiger partial charge in [0.15, 0.2) is 0 Å². The van der Waals surface area contributed by atoms with E-state index in [9.17, 15) is 0 Å². The molecule has 0 amide bonds. The normalized spacial score (nSPS) is 16.5. The lowest BCUT2D eigenvalue weighted by atomic mass is 10.3. The van der Waals surface area contributed by atoms with Crippen LogP contribution in [0.5, 0.6) is 11.5 Å². The Hall–Kier alpha value is -1.46. The predicted octanol–water partition coefficient (Wildman–Crippen LogP) is 0.988. The number of benzene rings is 1. The van der Waals surface area contributed by atoms with Crippen molar-refractivity contribution in [2.45, 2.75) is 0 Å². The minimum absolute atomic E-state index is 0.622. The summed E-state index contributed by atoms with van der Waals surface area (Å²) in [5.74, 6) is 1.44. The van der Waals surface area contributed by atoms with Crippen LogP contribution in [0.25, 0.3) is 0 Å². The van der Waals surface area contributed by atoms with Gasteiger partial charge in [0, 0.05) is 25.7 Å². The van der Waals surface area contributed by atoms with E-state index in [2.05, 4.69) is 4.90 Å². The first-order chi connectivity index (χ1) is 8.79. The van der Waals surface area contributed by atoms with Gasteiger partial charge in [0.1, 0.15) is 18.1 Å². The number of hydrogen-bond donors (Lipinski definition) is 1. The Morgan fingerprint density at radius 1 is 1.33 bits per heavy atom. The number of rotatable bonds is 5. The minimum Gasteiger partial charge on any atom is -0.497 e. The third-order valence-corrected chi connectivity index (χ3v) is 2.99. The van der Waals surface area contributed by atoms with Crippen LogP contribution in [0.3, 0.4) is 0 Å². The fourth-order valence-electron chi connectivity index (χ4n) is 1.88. The minimum atomic E-state index is 0.622. The van der Waals surface area contributed by atoms with Gasteiger partial charge in [-0.2, -0.15) is 0 Å². The van der Waals surface area contributed by atoms with E-state index in [0.29, 0.717) is 18.0 Å². The van der Waals surface area contributed by atoms with Crippen molar-refractivity contribution in [2.75, 3.05) is 52.3 Å². The summed E-state index contributed by atoms with van der Waals surface area (Å²) >= 11 is 0. The maximum Gasteiger partial charge on any atom is 0.145 e. The zero-order valence-corrected chi connectivity index (χ0v) is 10.7. The second-order valence-electron chi connectivity index (χ2n) is 4.21. The van der Waals surface area contributed by atoms with Crippen LogP contribution in [-0.2, 0) is 4.74 Å². The van der Waals surface area contributed by atoms with Crippen molar-refractivity contribution in [1.29, 1.82) is 0 Å². The predicted molar refractivity (Wildman–Crippen MR) is 70.2 cm³/mol. The van der Waals surface area contributed by atoms with Gasteiger partial charge in [0.05, 0.1) is 26.0 Å². The summed E-state index contributed by atoms with van der Waals surface area (Å²) in [4.78, 5) is 2.32. The van der Waals surface area contributed by atoms with Crippen molar-refractivity contribution in [3.63, 3.8) is 0 Å². The smallest absolute Gasteiger partial charge is 0.145 e. The first kappa shape index (κ1) is 13.0. The van der Waals surface area contributed by atoms with Crippen LogP contribution >= 0.6 is 0 Å². The molecule has 0 radical (unpaired) electrons. The molecule has 2 N–H and O–H groups in total. The second kappa shape index (κ2) is 6.47. The summed E-state index contributed by atoms with van der Waals surface area (Å²) in [6, 6.07) is 5.43. The number of hydrogen-bond acceptors (Lipinski definition) is 5. The lowest BCUT2D eigenvalue weighted by Gasteiger charge is -2.26. The summed E-state index contributed by atoms with van der Waals surface area (Å²) in [6.45, 7) is 5.06. The summed E-state index contributed by atoms with van der Waals surface area (Å²) in [7, 11) is 1.63. The number of ether oxygens (including phenoxy) is 3. The molecule has 0 unspecified atom stereocenters. The highest BCUT2D eigenvalue weighted by molar-refractivity contribution is 5.55. The average Bonchev–Trinajstić information content (AvgIpc) is 2.42. The number of nitrogens with zero attached hydrogens (tertiary/aromatic N) is 1. The summed E-state index contributed by atoms with van der Waals surface area (Å²) in [5.41, 5.74) is 6.49. The van der Waals surface area contributed by atoms with Gasteiger partial charge in [0.2, 0.25) is 0 Å². The Bertz CT molecular complexity index is 378. The van der Waals surface area contributed by atoms with Gasteiger partial charge in [-0.05, 0) is 12.1 Å². The van der Waals surface area contributed by atoms with Crippen molar-refractivity contribution in [3.8, 4) is 11.5 Å². The van der Waals surface area contributed by atoms with Crippen LogP contribution in [0, 0.1) is 0 Å². The molecule has 1 saturated heterocycles. The molecule has 1 aromatic carbocycles. The molecule has 5 nitrogen and oxygen atoms in total. The largest absolute Gasteiger partial charge is 0.497 e. The fraction of sp³-hybridized carbons (Fsp3) is 0.538. The molecule has 18 heavy (non-hydrogen) atoms. The summed E-state index contributed by atoms with van der Waals surface area (Å²) in [5, 5.41) is 0. The lowest BCUT2D eigenvalue weighted by Crippen LogP contribution is -2.38. The van der Waals surface area contributed by atoms with Gasteiger partial charge in [0.25, 0.3) is 0 Å². The molecule has 0 saturated carbocycles. The van der Waals surface area contributed by atoms with E-state index in [0.717, 1.165) is 38.6 Å². The zero-order valence-electron chi connectivity index (χ0n) is 10.7. The molecular formula is C13H20N2O3. The molecule has 1 aliphatic heterocycles. The van der Waals surface area contributed by atoms with Gasteiger partial charge in [-0.1, -0.05) is 0 Å². The molecule has 1 aromatic rings. The molecule has 0 aromatic heterocycles. The number of nitrogen functional groups attached to an aromatic ring is 1. The fourth-order valence-corrected chi connectivity index (χ4v) is 1.88. The molecule has 0 atom stereocenters. The van der Waals surface area contributed by atoms with Crippen molar-refractivity contribution < 1.29 is 14.2 Å². The van der Waals surface area contributed by atoms with E-state index >= 15 is 0 Å². The van der Waals surface area contributed by atoms with Gasteiger partial charge in [-0.15, -0.1) is 0 Å². The van der Waals surface area contributed by atoms with E-state index in [1.54, 1.807) is 13.2 Å². The van der Waals surface area contributed by atoms with Crippen molar-refractivity contribution >= 4 is 5.69 Å². The maximum atomic E-state index is 5.85. The number of morpholine rings is 1. The lowest BCUT2D eigenvalue weighted by molar-refractivity contribution is 0.0323. The molecule has 0 spiro atoms. The third-order valence-electron chi connectivity index (χ3n) is 2.99. The SMILES string of the molecule is COc1ccc(N)c(OCCN2CCOCC2)c1. The van der Waals surface area contributed by atoms with Crippen molar-refractivity contribution in [1.82, 2.24) is 4.90 Å². The van der Waals surface area contributed by atoms with Crippen LogP contribution < -0.4 is 15.2 Å². The summed E-state index contributed by atoms with van der Waals surface area (Å²) in [6.07, 6.45) is 0. The topological polar surface area (TPSA) is 57.0 Å². The highest BCUT2D eigenvalue weighted by Gasteiger charge is 2.10. The van der Waals surface area contributed by atoms with Gasteiger partial charge < -0.3 is 19.9 Å². The Kier molecular flexibility index (Phi) is 4.66. The Labute approximate surface area is 107 Å². The average molecular weight is 252 g/mol. The van der Waals surface area contributed by atoms with E-state index in [-0.39, 0.29) is 0 Å². The highest BCUT2D eigenvalue weighted by Crippen LogP contribution is 2.26. The van der Waals surface area contributed by atoms with Gasteiger partial charge >= 0.3 is 0 Å². The number of anilines is 1.